The Morgan fingerprint density at radius 2 is 1.58 bits per heavy atom. The Kier molecular flexibility index (Phi) is 6.74. The first-order chi connectivity index (χ1) is 12.4. The van der Waals surface area contributed by atoms with Crippen LogP contribution in [0.4, 0.5) is 11.4 Å². The van der Waals surface area contributed by atoms with E-state index in [1.807, 2.05) is 39.1 Å². The average molecular weight is 356 g/mol. The fourth-order valence-corrected chi connectivity index (χ4v) is 2.64. The molecule has 0 spiro atoms. The first-order valence-corrected chi connectivity index (χ1v) is 8.49. The quantitative estimate of drug-likeness (QED) is 0.702. The van der Waals surface area contributed by atoms with Crippen molar-refractivity contribution >= 4 is 23.2 Å². The second kappa shape index (κ2) is 9.01. The van der Waals surface area contributed by atoms with Crippen molar-refractivity contribution in [1.82, 2.24) is 0 Å². The van der Waals surface area contributed by atoms with E-state index in [4.69, 9.17) is 4.74 Å². The molecule has 0 radical (unpaired) electrons. The lowest BCUT2D eigenvalue weighted by molar-refractivity contribution is -0.862. The molecule has 0 heterocycles. The van der Waals surface area contributed by atoms with E-state index in [9.17, 15) is 9.59 Å². The number of hydrogen-bond donors (Lipinski definition) is 3. The number of aryl methyl sites for hydroxylation is 2. The Bertz CT molecular complexity index is 772. The molecule has 6 nitrogen and oxygen atoms in total. The normalized spacial score (nSPS) is 11.5. The van der Waals surface area contributed by atoms with Crippen molar-refractivity contribution in [3.05, 3.63) is 53.6 Å². The topological polar surface area (TPSA) is 71.9 Å². The van der Waals surface area contributed by atoms with Crippen LogP contribution in [-0.4, -0.2) is 39.1 Å². The van der Waals surface area contributed by atoms with Gasteiger partial charge >= 0.3 is 0 Å². The molecule has 26 heavy (non-hydrogen) atoms. The van der Waals surface area contributed by atoms with E-state index >= 15 is 0 Å². The maximum absolute atomic E-state index is 12.2. The van der Waals surface area contributed by atoms with Crippen LogP contribution in [0.15, 0.2) is 42.5 Å². The van der Waals surface area contributed by atoms with Gasteiger partial charge in [0.2, 0.25) is 0 Å². The second-order valence-corrected chi connectivity index (χ2v) is 6.45. The summed E-state index contributed by atoms with van der Waals surface area (Å²) in [6, 6.07) is 13.0. The zero-order valence-corrected chi connectivity index (χ0v) is 15.7. The highest BCUT2D eigenvalue weighted by atomic mass is 16.5. The van der Waals surface area contributed by atoms with Gasteiger partial charge in [-0.1, -0.05) is 17.7 Å². The van der Waals surface area contributed by atoms with E-state index in [2.05, 4.69) is 10.6 Å². The maximum atomic E-state index is 12.2. The maximum Gasteiger partial charge on any atom is 0.279 e. The molecule has 0 bridgehead atoms. The van der Waals surface area contributed by atoms with Crippen LogP contribution >= 0.6 is 0 Å². The van der Waals surface area contributed by atoms with E-state index in [1.54, 1.807) is 31.4 Å². The monoisotopic (exact) mass is 356 g/mol. The van der Waals surface area contributed by atoms with Crippen molar-refractivity contribution < 1.29 is 19.2 Å². The van der Waals surface area contributed by atoms with Crippen molar-refractivity contribution in [3.63, 3.8) is 0 Å². The standard InChI is InChI=1S/C20H25N3O3/c1-14-5-10-18(15(2)11-14)22-20(25)13-23(3)12-19(24)21-16-6-8-17(26-4)9-7-16/h5-11H,12-13H2,1-4H3,(H,21,24)(H,22,25)/p+1. The van der Waals surface area contributed by atoms with Gasteiger partial charge in [-0.15, -0.1) is 0 Å². The third-order valence-electron chi connectivity index (χ3n) is 3.95. The summed E-state index contributed by atoms with van der Waals surface area (Å²) >= 11 is 0. The smallest absolute Gasteiger partial charge is 0.279 e. The number of nitrogens with one attached hydrogen (secondary N) is 3. The van der Waals surface area contributed by atoms with Gasteiger partial charge in [0.1, 0.15) is 5.75 Å². The fraction of sp³-hybridized carbons (Fsp3) is 0.300. The van der Waals surface area contributed by atoms with Crippen molar-refractivity contribution in [2.45, 2.75) is 13.8 Å². The molecular weight excluding hydrogens is 330 g/mol. The van der Waals surface area contributed by atoms with Gasteiger partial charge < -0.3 is 20.3 Å². The molecule has 0 saturated heterocycles. The van der Waals surface area contributed by atoms with Crippen LogP contribution in [0, 0.1) is 13.8 Å². The predicted molar refractivity (Wildman–Crippen MR) is 103 cm³/mol. The van der Waals surface area contributed by atoms with Crippen molar-refractivity contribution in [2.75, 3.05) is 37.9 Å². The van der Waals surface area contributed by atoms with Crippen LogP contribution in [0.5, 0.6) is 5.75 Å². The number of carbonyl (C=O) groups is 2. The zero-order valence-electron chi connectivity index (χ0n) is 15.7. The molecule has 6 heteroatoms. The van der Waals surface area contributed by atoms with Crippen molar-refractivity contribution in [2.24, 2.45) is 0 Å². The van der Waals surface area contributed by atoms with E-state index in [-0.39, 0.29) is 24.9 Å². The van der Waals surface area contributed by atoms with E-state index in [0.29, 0.717) is 5.69 Å². The molecule has 0 fully saturated rings. The number of rotatable bonds is 7. The summed E-state index contributed by atoms with van der Waals surface area (Å²) in [6.45, 7) is 4.38. The molecule has 0 aliphatic rings. The van der Waals surface area contributed by atoms with Gasteiger partial charge in [0.15, 0.2) is 13.1 Å². The second-order valence-electron chi connectivity index (χ2n) is 6.45. The summed E-state index contributed by atoms with van der Waals surface area (Å²) in [5.41, 5.74) is 3.67. The van der Waals surface area contributed by atoms with Gasteiger partial charge in [0.05, 0.1) is 14.2 Å². The number of quaternary nitrogens is 1. The SMILES string of the molecule is COc1ccc(NC(=O)C[NH+](C)CC(=O)Nc2ccc(C)cc2C)cc1. The Morgan fingerprint density at radius 3 is 2.15 bits per heavy atom. The van der Waals surface area contributed by atoms with Crippen LogP contribution in [0.1, 0.15) is 11.1 Å². The third-order valence-corrected chi connectivity index (χ3v) is 3.95. The lowest BCUT2D eigenvalue weighted by atomic mass is 10.1. The predicted octanol–water partition coefficient (Wildman–Crippen LogP) is 1.40. The van der Waals surface area contributed by atoms with Crippen LogP contribution in [0.2, 0.25) is 0 Å². The van der Waals surface area contributed by atoms with Crippen LogP contribution in [0.3, 0.4) is 0 Å². The molecule has 2 aromatic carbocycles. The lowest BCUT2D eigenvalue weighted by Crippen LogP contribution is -3.11. The summed E-state index contributed by atoms with van der Waals surface area (Å²) in [5.74, 6) is 0.465. The van der Waals surface area contributed by atoms with Gasteiger partial charge in [-0.2, -0.15) is 0 Å². The number of ether oxygens (including phenoxy) is 1. The third kappa shape index (κ3) is 5.89. The minimum atomic E-state index is -0.146. The summed E-state index contributed by atoms with van der Waals surface area (Å²) in [6.07, 6.45) is 0. The Labute approximate surface area is 154 Å². The molecule has 2 rings (SSSR count). The molecule has 2 amide bonds. The fourth-order valence-electron chi connectivity index (χ4n) is 2.64. The molecule has 0 aromatic heterocycles. The van der Waals surface area contributed by atoms with Gasteiger partial charge in [0.25, 0.3) is 11.8 Å². The Balaban J connectivity index is 1.81. The molecular formula is C20H26N3O3+. The molecule has 138 valence electrons. The van der Waals surface area contributed by atoms with Crippen molar-refractivity contribution in [1.29, 1.82) is 0 Å². The highest BCUT2D eigenvalue weighted by molar-refractivity contribution is 5.93. The summed E-state index contributed by atoms with van der Waals surface area (Å²) in [4.78, 5) is 25.1. The van der Waals surface area contributed by atoms with E-state index < -0.39 is 0 Å². The van der Waals surface area contributed by atoms with E-state index in [1.165, 1.54) is 0 Å². The van der Waals surface area contributed by atoms with Crippen LogP contribution < -0.4 is 20.3 Å². The first kappa shape index (κ1) is 19.5. The van der Waals surface area contributed by atoms with Crippen LogP contribution in [-0.2, 0) is 9.59 Å². The zero-order chi connectivity index (χ0) is 19.1. The molecule has 3 N–H and O–H groups in total. The van der Waals surface area contributed by atoms with Crippen molar-refractivity contribution in [3.8, 4) is 5.75 Å². The van der Waals surface area contributed by atoms with Gasteiger partial charge in [-0.05, 0) is 49.7 Å². The number of benzene rings is 2. The molecule has 1 unspecified atom stereocenters. The molecule has 0 saturated carbocycles. The number of hydrogen-bond acceptors (Lipinski definition) is 3. The number of methoxy groups -OCH3 is 1. The molecule has 1 atom stereocenters. The van der Waals surface area contributed by atoms with E-state index in [0.717, 1.165) is 27.5 Å². The summed E-state index contributed by atoms with van der Waals surface area (Å²) in [7, 11) is 3.41. The minimum absolute atomic E-state index is 0.119. The number of anilines is 2. The average Bonchev–Trinajstić information content (AvgIpc) is 2.57. The van der Waals surface area contributed by atoms with Crippen LogP contribution in [0.25, 0.3) is 0 Å². The minimum Gasteiger partial charge on any atom is -0.497 e. The van der Waals surface area contributed by atoms with Gasteiger partial charge in [0, 0.05) is 11.4 Å². The molecule has 0 aliphatic heterocycles. The number of carbonyl (C=O) groups excluding carboxylic acids is 2. The first-order valence-electron chi connectivity index (χ1n) is 8.49. The van der Waals surface area contributed by atoms with Gasteiger partial charge in [-0.25, -0.2) is 0 Å². The highest BCUT2D eigenvalue weighted by Gasteiger charge is 2.15. The molecule has 0 aliphatic carbocycles. The Hall–Kier alpha value is -2.86. The lowest BCUT2D eigenvalue weighted by Gasteiger charge is -2.15. The van der Waals surface area contributed by atoms with Gasteiger partial charge in [-0.3, -0.25) is 9.59 Å². The summed E-state index contributed by atoms with van der Waals surface area (Å²) < 4.78 is 5.08. The number of amides is 2. The highest BCUT2D eigenvalue weighted by Crippen LogP contribution is 2.16. The number of likely N-dealkylation sites (N-methyl/N-ethyl adjacent to an activating group) is 1. The Morgan fingerprint density at radius 1 is 0.962 bits per heavy atom. The summed E-state index contributed by atoms with van der Waals surface area (Å²) in [5, 5.41) is 5.71. The largest absolute Gasteiger partial charge is 0.497 e. The molecule has 2 aromatic rings.